The molecular weight excluding hydrogens is 373 g/mol. The Labute approximate surface area is 137 Å². The maximum atomic E-state index is 12.2. The smallest absolute Gasteiger partial charge is 0.243 e. The van der Waals surface area contributed by atoms with Gasteiger partial charge in [0.1, 0.15) is 5.69 Å². The summed E-state index contributed by atoms with van der Waals surface area (Å²) in [4.78, 5) is 12.2. The number of carbonyl (C=O) groups excluding carboxylic acids is 1. The summed E-state index contributed by atoms with van der Waals surface area (Å²) in [6.45, 7) is 1.52. The summed E-state index contributed by atoms with van der Waals surface area (Å²) in [5.74, 6) is 0. The van der Waals surface area contributed by atoms with Gasteiger partial charge in [0.05, 0.1) is 18.1 Å². The molecular formula is C8H5Cl5N6O. The fourth-order valence-electron chi connectivity index (χ4n) is 1.39. The average Bonchev–Trinajstić information content (AvgIpc) is 2.95. The van der Waals surface area contributed by atoms with Gasteiger partial charge in [-0.05, 0) is 6.92 Å². The van der Waals surface area contributed by atoms with Gasteiger partial charge >= 0.3 is 6.03 Å². The second-order valence-corrected chi connectivity index (χ2v) is 7.25. The molecule has 0 saturated carbocycles. The Morgan fingerprint density at radius 1 is 1.20 bits per heavy atom. The Balaban J connectivity index is 2.57. The molecule has 108 valence electrons. The first-order valence-electron chi connectivity index (χ1n) is 4.94. The number of alkyl halides is 5. The van der Waals surface area contributed by atoms with Crippen LogP contribution >= 0.6 is 58.0 Å². The van der Waals surface area contributed by atoms with Gasteiger partial charge in [-0.2, -0.15) is 9.36 Å². The van der Waals surface area contributed by atoms with Crippen LogP contribution in [0.25, 0.3) is 0 Å². The fourth-order valence-corrected chi connectivity index (χ4v) is 2.09. The Kier molecular flexibility index (Phi) is 4.19. The van der Waals surface area contributed by atoms with E-state index in [4.69, 9.17) is 58.0 Å². The molecule has 0 aliphatic carbocycles. The van der Waals surface area contributed by atoms with Crippen molar-refractivity contribution < 1.29 is 4.79 Å². The van der Waals surface area contributed by atoms with Crippen LogP contribution in [0.3, 0.4) is 0 Å². The van der Waals surface area contributed by atoms with Crippen LogP contribution in [0.4, 0.5) is 4.79 Å². The molecule has 2 aromatic heterocycles. The molecule has 20 heavy (non-hydrogen) atoms. The van der Waals surface area contributed by atoms with Crippen LogP contribution in [-0.4, -0.2) is 39.8 Å². The summed E-state index contributed by atoms with van der Waals surface area (Å²) in [6.07, 6.45) is 2.62. The van der Waals surface area contributed by atoms with Crippen LogP contribution in [0.2, 0.25) is 0 Å². The zero-order chi connectivity index (χ0) is 15.1. The van der Waals surface area contributed by atoms with E-state index < -0.39 is 14.2 Å². The Morgan fingerprint density at radius 3 is 2.35 bits per heavy atom. The van der Waals surface area contributed by atoms with Crippen molar-refractivity contribution in [2.75, 3.05) is 0 Å². The number of nitrogens with zero attached hydrogens (tertiary/aromatic N) is 6. The molecule has 0 saturated heterocycles. The lowest BCUT2D eigenvalue weighted by Crippen LogP contribution is -2.35. The molecule has 2 aromatic rings. The molecule has 0 aromatic carbocycles. The number of hydrogen-bond acceptors (Lipinski definition) is 5. The molecule has 0 unspecified atom stereocenters. The third-order valence-electron chi connectivity index (χ3n) is 2.29. The average molecular weight is 378 g/mol. The third-order valence-corrected chi connectivity index (χ3v) is 4.65. The summed E-state index contributed by atoms with van der Waals surface area (Å²) >= 11 is 29.4. The molecule has 0 N–H and O–H groups in total. The maximum absolute atomic E-state index is 12.2. The molecule has 0 amide bonds. The molecule has 2 heterocycles. The van der Waals surface area contributed by atoms with Gasteiger partial charge in [0, 0.05) is 0 Å². The van der Waals surface area contributed by atoms with Crippen LogP contribution in [-0.2, 0) is 4.33 Å². The van der Waals surface area contributed by atoms with Gasteiger partial charge in [0.25, 0.3) is 0 Å². The van der Waals surface area contributed by atoms with Crippen LogP contribution < -0.4 is 0 Å². The van der Waals surface area contributed by atoms with Crippen molar-refractivity contribution in [2.24, 2.45) is 0 Å². The minimum atomic E-state index is -2.11. The first-order valence-corrected chi connectivity index (χ1v) is 6.83. The highest BCUT2D eigenvalue weighted by Crippen LogP contribution is 2.53. The molecule has 0 atom stereocenters. The Bertz CT molecular complexity index is 630. The summed E-state index contributed by atoms with van der Waals surface area (Å²) in [6, 6.07) is -0.724. The van der Waals surface area contributed by atoms with Crippen molar-refractivity contribution in [3.05, 3.63) is 23.8 Å². The van der Waals surface area contributed by atoms with Crippen LogP contribution in [0.5, 0.6) is 0 Å². The van der Waals surface area contributed by atoms with E-state index in [1.807, 2.05) is 0 Å². The number of rotatable bonds is 1. The molecule has 0 spiro atoms. The summed E-state index contributed by atoms with van der Waals surface area (Å²) in [5.41, 5.74) is 0.163. The predicted molar refractivity (Wildman–Crippen MR) is 74.6 cm³/mol. The van der Waals surface area contributed by atoms with Crippen molar-refractivity contribution in [3.8, 4) is 0 Å². The van der Waals surface area contributed by atoms with Gasteiger partial charge in [0.15, 0.2) is 0 Å². The van der Waals surface area contributed by atoms with Crippen molar-refractivity contribution >= 4 is 64.0 Å². The van der Waals surface area contributed by atoms with Crippen LogP contribution in [0, 0.1) is 6.92 Å². The predicted octanol–water partition coefficient (Wildman–Crippen LogP) is 2.70. The van der Waals surface area contributed by atoms with Crippen molar-refractivity contribution in [1.29, 1.82) is 0 Å². The van der Waals surface area contributed by atoms with E-state index in [1.165, 1.54) is 19.3 Å². The lowest BCUT2D eigenvalue weighted by molar-refractivity contribution is 0.236. The minimum Gasteiger partial charge on any atom is -0.243 e. The highest BCUT2D eigenvalue weighted by atomic mass is 35.6. The number of hydrogen-bond donors (Lipinski definition) is 0. The maximum Gasteiger partial charge on any atom is 0.372 e. The zero-order valence-corrected chi connectivity index (χ0v) is 13.4. The Hall–Kier alpha value is -0.600. The van der Waals surface area contributed by atoms with E-state index >= 15 is 0 Å². The van der Waals surface area contributed by atoms with E-state index in [9.17, 15) is 4.79 Å². The number of halogens is 5. The monoisotopic (exact) mass is 376 g/mol. The summed E-state index contributed by atoms with van der Waals surface area (Å²) in [7, 11) is 0. The molecule has 7 nitrogen and oxygen atoms in total. The Morgan fingerprint density at radius 2 is 1.85 bits per heavy atom. The number of aryl methyl sites for hydroxylation is 1. The van der Waals surface area contributed by atoms with Crippen molar-refractivity contribution in [3.63, 3.8) is 0 Å². The van der Waals surface area contributed by atoms with Gasteiger partial charge in [-0.15, -0.1) is 10.2 Å². The van der Waals surface area contributed by atoms with E-state index in [2.05, 4.69) is 20.6 Å². The second-order valence-electron chi connectivity index (χ2n) is 3.64. The third kappa shape index (κ3) is 2.60. The van der Waals surface area contributed by atoms with E-state index in [0.717, 1.165) is 9.36 Å². The molecule has 2 rings (SSSR count). The fraction of sp³-hybridized carbons (Fsp3) is 0.375. The largest absolute Gasteiger partial charge is 0.372 e. The normalized spacial score (nSPS) is 12.7. The molecule has 0 bridgehead atoms. The number of aromatic nitrogens is 6. The SMILES string of the molecule is Cc1nnn(C(=O)n2ccnn2)c1C(Cl)(Cl)C(Cl)(Cl)Cl. The van der Waals surface area contributed by atoms with Crippen LogP contribution in [0.15, 0.2) is 12.4 Å². The van der Waals surface area contributed by atoms with E-state index in [-0.39, 0.29) is 11.4 Å². The first-order chi connectivity index (χ1) is 9.16. The van der Waals surface area contributed by atoms with E-state index in [0.29, 0.717) is 0 Å². The zero-order valence-electron chi connectivity index (χ0n) is 9.64. The van der Waals surface area contributed by atoms with Crippen LogP contribution in [0.1, 0.15) is 11.4 Å². The lowest BCUT2D eigenvalue weighted by Gasteiger charge is -2.27. The number of carbonyl (C=O) groups is 1. The standard InChI is InChI=1S/C8H5Cl5N6O/c1-4-5(7(9,10)8(11,12)13)19(17-15-4)6(20)18-3-2-14-16-18/h2-3H,1H3. The molecule has 0 radical (unpaired) electrons. The van der Waals surface area contributed by atoms with E-state index in [1.54, 1.807) is 0 Å². The van der Waals surface area contributed by atoms with Crippen molar-refractivity contribution in [1.82, 2.24) is 30.0 Å². The quantitative estimate of drug-likeness (QED) is 0.713. The minimum absolute atomic E-state index is 0.0682. The second kappa shape index (κ2) is 5.31. The van der Waals surface area contributed by atoms with Gasteiger partial charge in [0.2, 0.25) is 8.13 Å². The lowest BCUT2D eigenvalue weighted by atomic mass is 10.2. The molecule has 0 aliphatic heterocycles. The molecule has 0 fully saturated rings. The highest BCUT2D eigenvalue weighted by molar-refractivity contribution is 6.75. The van der Waals surface area contributed by atoms with Gasteiger partial charge in [-0.25, -0.2) is 4.79 Å². The summed E-state index contributed by atoms with van der Waals surface area (Å²) < 4.78 is -2.45. The first kappa shape index (κ1) is 15.8. The van der Waals surface area contributed by atoms with Gasteiger partial charge in [-0.3, -0.25) is 0 Å². The molecule has 0 aliphatic rings. The highest BCUT2D eigenvalue weighted by Gasteiger charge is 2.51. The van der Waals surface area contributed by atoms with Gasteiger partial charge < -0.3 is 0 Å². The van der Waals surface area contributed by atoms with Crippen molar-refractivity contribution in [2.45, 2.75) is 15.0 Å². The molecule has 12 heteroatoms. The topological polar surface area (TPSA) is 78.5 Å². The summed E-state index contributed by atoms with van der Waals surface area (Å²) in [5, 5.41) is 14.4. The van der Waals surface area contributed by atoms with Gasteiger partial charge in [-0.1, -0.05) is 68.4 Å².